The van der Waals surface area contributed by atoms with Crippen molar-refractivity contribution in [1.29, 1.82) is 0 Å². The van der Waals surface area contributed by atoms with Gasteiger partial charge in [0.15, 0.2) is 18.1 Å². The third-order valence-corrected chi connectivity index (χ3v) is 3.30. The van der Waals surface area contributed by atoms with Crippen LogP contribution in [0, 0.1) is 11.6 Å². The average molecular weight is 377 g/mol. The number of rotatable bonds is 8. The van der Waals surface area contributed by atoms with Gasteiger partial charge in [-0.1, -0.05) is 12.7 Å². The topological polar surface area (TPSA) is 73.9 Å². The summed E-state index contributed by atoms with van der Waals surface area (Å²) < 4.78 is 41.7. The van der Waals surface area contributed by atoms with Crippen molar-refractivity contribution in [2.24, 2.45) is 0 Å². The predicted molar refractivity (Wildman–Crippen MR) is 94.0 cm³/mol. The van der Waals surface area contributed by atoms with Crippen LogP contribution in [0.4, 0.5) is 14.5 Å². The lowest BCUT2D eigenvalue weighted by molar-refractivity contribution is -0.119. The zero-order chi connectivity index (χ0) is 19.8. The van der Waals surface area contributed by atoms with E-state index in [1.165, 1.54) is 25.3 Å². The summed E-state index contributed by atoms with van der Waals surface area (Å²) in [5.74, 6) is -2.53. The molecule has 0 atom stereocenters. The number of amides is 1. The largest absolute Gasteiger partial charge is 0.493 e. The summed E-state index contributed by atoms with van der Waals surface area (Å²) in [6.07, 6.45) is 1.56. The van der Waals surface area contributed by atoms with Gasteiger partial charge in [-0.2, -0.15) is 0 Å². The lowest BCUT2D eigenvalue weighted by Crippen LogP contribution is -2.21. The number of hydrogen-bond donors (Lipinski definition) is 1. The van der Waals surface area contributed by atoms with Crippen LogP contribution >= 0.6 is 0 Å². The van der Waals surface area contributed by atoms with E-state index in [0.717, 1.165) is 12.1 Å². The molecule has 0 heterocycles. The van der Waals surface area contributed by atoms with Gasteiger partial charge in [0.25, 0.3) is 5.91 Å². The van der Waals surface area contributed by atoms with Gasteiger partial charge in [0, 0.05) is 6.07 Å². The van der Waals surface area contributed by atoms with Crippen LogP contribution in [0.25, 0.3) is 0 Å². The molecular formula is C19H17F2NO5. The predicted octanol–water partition coefficient (Wildman–Crippen LogP) is 3.33. The number of methoxy groups -OCH3 is 1. The number of hydrogen-bond acceptors (Lipinski definition) is 5. The van der Waals surface area contributed by atoms with E-state index in [4.69, 9.17) is 14.2 Å². The Labute approximate surface area is 154 Å². The average Bonchev–Trinajstić information content (AvgIpc) is 2.66. The molecule has 0 unspecified atom stereocenters. The SMILES string of the molecule is C=CCOc1ccc(C(=O)OCC(=O)Nc2ccc(F)cc2F)cc1OC. The molecule has 0 aromatic heterocycles. The van der Waals surface area contributed by atoms with Crippen molar-refractivity contribution in [3.63, 3.8) is 0 Å². The fraction of sp³-hybridized carbons (Fsp3) is 0.158. The van der Waals surface area contributed by atoms with Gasteiger partial charge in [0.1, 0.15) is 18.2 Å². The standard InChI is InChI=1S/C19H17F2NO5/c1-3-8-26-16-7-4-12(9-17(16)25-2)19(24)27-11-18(23)22-15-6-5-13(20)10-14(15)21/h3-7,9-10H,1,8,11H2,2H3,(H,22,23). The molecule has 0 radical (unpaired) electrons. The Balaban J connectivity index is 1.96. The first-order valence-electron chi connectivity index (χ1n) is 7.78. The number of esters is 1. The fourth-order valence-corrected chi connectivity index (χ4v) is 2.05. The van der Waals surface area contributed by atoms with E-state index in [-0.39, 0.29) is 17.9 Å². The van der Waals surface area contributed by atoms with Gasteiger partial charge in [0.05, 0.1) is 18.4 Å². The molecule has 0 aliphatic rings. The zero-order valence-corrected chi connectivity index (χ0v) is 14.5. The second kappa shape index (κ2) is 9.33. The maximum absolute atomic E-state index is 13.5. The van der Waals surface area contributed by atoms with E-state index in [2.05, 4.69) is 11.9 Å². The number of nitrogens with one attached hydrogen (secondary N) is 1. The third-order valence-electron chi connectivity index (χ3n) is 3.30. The summed E-state index contributed by atoms with van der Waals surface area (Å²) in [5, 5.41) is 2.19. The maximum atomic E-state index is 13.5. The minimum Gasteiger partial charge on any atom is -0.493 e. The Morgan fingerprint density at radius 2 is 1.93 bits per heavy atom. The summed E-state index contributed by atoms with van der Waals surface area (Å²) in [4.78, 5) is 23.8. The summed E-state index contributed by atoms with van der Waals surface area (Å²) in [6, 6.07) is 7.06. The molecule has 0 aliphatic carbocycles. The van der Waals surface area contributed by atoms with Crippen LogP contribution in [0.15, 0.2) is 49.1 Å². The first kappa shape index (κ1) is 19.9. The molecular weight excluding hydrogens is 360 g/mol. The summed E-state index contributed by atoms with van der Waals surface area (Å²) in [6.45, 7) is 3.16. The fourth-order valence-electron chi connectivity index (χ4n) is 2.05. The van der Waals surface area contributed by atoms with Crippen molar-refractivity contribution in [3.05, 3.63) is 66.3 Å². The van der Waals surface area contributed by atoms with Gasteiger partial charge in [-0.3, -0.25) is 4.79 Å². The molecule has 0 spiro atoms. The maximum Gasteiger partial charge on any atom is 0.338 e. The van der Waals surface area contributed by atoms with Crippen LogP contribution in [-0.4, -0.2) is 32.2 Å². The normalized spacial score (nSPS) is 10.0. The molecule has 2 rings (SSSR count). The monoisotopic (exact) mass is 377 g/mol. The smallest absolute Gasteiger partial charge is 0.338 e. The van der Waals surface area contributed by atoms with Crippen molar-refractivity contribution in [1.82, 2.24) is 0 Å². The van der Waals surface area contributed by atoms with Gasteiger partial charge >= 0.3 is 5.97 Å². The zero-order valence-electron chi connectivity index (χ0n) is 14.5. The molecule has 2 aromatic carbocycles. The Bertz CT molecular complexity index is 854. The quantitative estimate of drug-likeness (QED) is 0.564. The van der Waals surface area contributed by atoms with E-state index in [1.807, 2.05) is 0 Å². The molecule has 8 heteroatoms. The van der Waals surface area contributed by atoms with Crippen molar-refractivity contribution >= 4 is 17.6 Å². The van der Waals surface area contributed by atoms with Crippen molar-refractivity contribution in [2.75, 3.05) is 25.6 Å². The highest BCUT2D eigenvalue weighted by molar-refractivity contribution is 5.95. The van der Waals surface area contributed by atoms with Crippen molar-refractivity contribution in [3.8, 4) is 11.5 Å². The van der Waals surface area contributed by atoms with Crippen LogP contribution in [-0.2, 0) is 9.53 Å². The van der Waals surface area contributed by atoms with E-state index in [0.29, 0.717) is 17.6 Å². The van der Waals surface area contributed by atoms with Gasteiger partial charge in [-0.05, 0) is 30.3 Å². The third kappa shape index (κ3) is 5.53. The number of anilines is 1. The summed E-state index contributed by atoms with van der Waals surface area (Å²) in [5.41, 5.74) is -0.0820. The molecule has 0 fully saturated rings. The molecule has 0 saturated carbocycles. The van der Waals surface area contributed by atoms with E-state index >= 15 is 0 Å². The van der Waals surface area contributed by atoms with E-state index in [1.54, 1.807) is 6.08 Å². The van der Waals surface area contributed by atoms with Gasteiger partial charge in [-0.25, -0.2) is 13.6 Å². The minimum atomic E-state index is -0.936. The van der Waals surface area contributed by atoms with Gasteiger partial charge in [0.2, 0.25) is 0 Å². The first-order valence-corrected chi connectivity index (χ1v) is 7.78. The lowest BCUT2D eigenvalue weighted by Gasteiger charge is -2.11. The number of halogens is 2. The van der Waals surface area contributed by atoms with Crippen LogP contribution < -0.4 is 14.8 Å². The van der Waals surface area contributed by atoms with Crippen molar-refractivity contribution < 1.29 is 32.6 Å². The number of carbonyl (C=O) groups is 2. The Hall–Kier alpha value is -3.42. The molecule has 1 amide bonds. The Morgan fingerprint density at radius 1 is 1.15 bits per heavy atom. The first-order chi connectivity index (χ1) is 12.9. The van der Waals surface area contributed by atoms with Crippen LogP contribution in [0.1, 0.15) is 10.4 Å². The van der Waals surface area contributed by atoms with Crippen molar-refractivity contribution in [2.45, 2.75) is 0 Å². The number of benzene rings is 2. The Kier molecular flexibility index (Phi) is 6.87. The summed E-state index contributed by atoms with van der Waals surface area (Å²) >= 11 is 0. The lowest BCUT2D eigenvalue weighted by atomic mass is 10.2. The molecule has 27 heavy (non-hydrogen) atoms. The molecule has 142 valence electrons. The highest BCUT2D eigenvalue weighted by atomic mass is 19.1. The van der Waals surface area contributed by atoms with Gasteiger partial charge in [-0.15, -0.1) is 0 Å². The number of carbonyl (C=O) groups excluding carboxylic acids is 2. The second-order valence-electron chi connectivity index (χ2n) is 5.21. The molecule has 1 N–H and O–H groups in total. The van der Waals surface area contributed by atoms with E-state index < -0.39 is 30.1 Å². The molecule has 0 saturated heterocycles. The summed E-state index contributed by atoms with van der Waals surface area (Å²) in [7, 11) is 1.41. The van der Waals surface area contributed by atoms with Crippen LogP contribution in [0.5, 0.6) is 11.5 Å². The Morgan fingerprint density at radius 3 is 2.59 bits per heavy atom. The molecule has 0 aliphatic heterocycles. The highest BCUT2D eigenvalue weighted by Crippen LogP contribution is 2.28. The minimum absolute atomic E-state index is 0.138. The highest BCUT2D eigenvalue weighted by Gasteiger charge is 2.15. The second-order valence-corrected chi connectivity index (χ2v) is 5.21. The molecule has 2 aromatic rings. The van der Waals surface area contributed by atoms with Crippen LogP contribution in [0.2, 0.25) is 0 Å². The number of ether oxygens (including phenoxy) is 3. The van der Waals surface area contributed by atoms with Crippen LogP contribution in [0.3, 0.4) is 0 Å². The van der Waals surface area contributed by atoms with E-state index in [9.17, 15) is 18.4 Å². The molecule has 6 nitrogen and oxygen atoms in total. The molecule has 0 bridgehead atoms. The van der Waals surface area contributed by atoms with Gasteiger partial charge < -0.3 is 19.5 Å².